The first-order valence-electron chi connectivity index (χ1n) is 7.27. The van der Waals surface area contributed by atoms with Crippen molar-refractivity contribution in [1.29, 1.82) is 0 Å². The van der Waals surface area contributed by atoms with E-state index in [1.165, 1.54) is 37.5 Å². The van der Waals surface area contributed by atoms with E-state index in [0.29, 0.717) is 5.03 Å². The molecule has 2 aromatic carbocycles. The molecule has 0 amide bonds. The van der Waals surface area contributed by atoms with Gasteiger partial charge in [-0.25, -0.2) is 0 Å². The van der Waals surface area contributed by atoms with E-state index in [9.17, 15) is 13.6 Å². The SMILES string of the molecule is COc1cc(C(=O)/C=C/C(Cl)=C/c2ccccc2)ccc1OC(F)F. The molecule has 0 N–H and O–H groups in total. The van der Waals surface area contributed by atoms with Gasteiger partial charge in [0.25, 0.3) is 0 Å². The molecule has 0 aromatic heterocycles. The lowest BCUT2D eigenvalue weighted by atomic mass is 10.1. The lowest BCUT2D eigenvalue weighted by Gasteiger charge is -2.10. The maximum atomic E-state index is 12.3. The molecule has 0 aliphatic heterocycles. The van der Waals surface area contributed by atoms with E-state index in [0.717, 1.165) is 5.56 Å². The van der Waals surface area contributed by atoms with Crippen LogP contribution in [0.3, 0.4) is 0 Å². The minimum atomic E-state index is -2.97. The van der Waals surface area contributed by atoms with Crippen molar-refractivity contribution in [3.63, 3.8) is 0 Å². The van der Waals surface area contributed by atoms with Gasteiger partial charge in [0, 0.05) is 10.6 Å². The highest BCUT2D eigenvalue weighted by Gasteiger charge is 2.13. The fraction of sp³-hybridized carbons (Fsp3) is 0.105. The van der Waals surface area contributed by atoms with Gasteiger partial charge in [-0.05, 0) is 42.0 Å². The summed E-state index contributed by atoms with van der Waals surface area (Å²) in [6.45, 7) is -2.97. The fourth-order valence-corrected chi connectivity index (χ4v) is 2.21. The van der Waals surface area contributed by atoms with Crippen LogP contribution in [0.2, 0.25) is 0 Å². The third-order valence-corrected chi connectivity index (χ3v) is 3.40. The predicted molar refractivity (Wildman–Crippen MR) is 93.4 cm³/mol. The van der Waals surface area contributed by atoms with Gasteiger partial charge >= 0.3 is 6.61 Å². The van der Waals surface area contributed by atoms with E-state index in [2.05, 4.69) is 4.74 Å². The lowest BCUT2D eigenvalue weighted by Crippen LogP contribution is -2.04. The van der Waals surface area contributed by atoms with E-state index in [4.69, 9.17) is 16.3 Å². The second kappa shape index (κ2) is 8.99. The average molecular weight is 365 g/mol. The van der Waals surface area contributed by atoms with Gasteiger partial charge in [-0.2, -0.15) is 8.78 Å². The van der Waals surface area contributed by atoms with Crippen LogP contribution in [-0.4, -0.2) is 19.5 Å². The van der Waals surface area contributed by atoms with Gasteiger partial charge in [-0.15, -0.1) is 0 Å². The zero-order chi connectivity index (χ0) is 18.2. The van der Waals surface area contributed by atoms with E-state index in [-0.39, 0.29) is 22.8 Å². The topological polar surface area (TPSA) is 35.5 Å². The lowest BCUT2D eigenvalue weighted by molar-refractivity contribution is -0.0512. The first-order valence-corrected chi connectivity index (χ1v) is 7.65. The van der Waals surface area contributed by atoms with Gasteiger partial charge in [0.2, 0.25) is 0 Å². The Bertz CT molecular complexity index is 787. The van der Waals surface area contributed by atoms with Crippen LogP contribution < -0.4 is 9.47 Å². The fourth-order valence-electron chi connectivity index (χ4n) is 2.02. The Hall–Kier alpha value is -2.66. The van der Waals surface area contributed by atoms with Gasteiger partial charge in [-0.1, -0.05) is 41.9 Å². The van der Waals surface area contributed by atoms with Gasteiger partial charge in [0.05, 0.1) is 7.11 Å². The van der Waals surface area contributed by atoms with Crippen LogP contribution in [0.4, 0.5) is 8.78 Å². The first-order chi connectivity index (χ1) is 12.0. The summed E-state index contributed by atoms with van der Waals surface area (Å²) in [5.41, 5.74) is 1.17. The minimum absolute atomic E-state index is 0.0467. The quantitative estimate of drug-likeness (QED) is 0.379. The minimum Gasteiger partial charge on any atom is -0.493 e. The van der Waals surface area contributed by atoms with E-state index in [1.807, 2.05) is 30.3 Å². The molecule has 3 nitrogen and oxygen atoms in total. The standard InChI is InChI=1S/C19H15ClF2O3/c1-24-18-12-14(7-10-17(18)25-19(21)22)16(23)9-8-15(20)11-13-5-3-2-4-6-13/h2-12,19H,1H3/b9-8+,15-11-. The Labute approximate surface area is 149 Å². The van der Waals surface area contributed by atoms with Crippen LogP contribution in [0.5, 0.6) is 11.5 Å². The maximum Gasteiger partial charge on any atom is 0.387 e. The second-order valence-electron chi connectivity index (χ2n) is 4.88. The molecule has 0 fully saturated rings. The van der Waals surface area contributed by atoms with Crippen molar-refractivity contribution in [2.45, 2.75) is 6.61 Å². The highest BCUT2D eigenvalue weighted by Crippen LogP contribution is 2.29. The largest absolute Gasteiger partial charge is 0.493 e. The predicted octanol–water partition coefficient (Wildman–Crippen LogP) is 5.32. The van der Waals surface area contributed by atoms with Crippen molar-refractivity contribution >= 4 is 23.5 Å². The van der Waals surface area contributed by atoms with Crippen LogP contribution in [0, 0.1) is 0 Å². The number of hydrogen-bond acceptors (Lipinski definition) is 3. The van der Waals surface area contributed by atoms with E-state index in [1.54, 1.807) is 6.08 Å². The summed E-state index contributed by atoms with van der Waals surface area (Å²) in [6, 6.07) is 13.4. The molecule has 0 unspecified atom stereocenters. The van der Waals surface area contributed by atoms with Gasteiger partial charge in [-0.3, -0.25) is 4.79 Å². The van der Waals surface area contributed by atoms with Crippen molar-refractivity contribution in [3.05, 3.63) is 76.8 Å². The summed E-state index contributed by atoms with van der Waals surface area (Å²) >= 11 is 6.08. The van der Waals surface area contributed by atoms with Crippen molar-refractivity contribution < 1.29 is 23.0 Å². The van der Waals surface area contributed by atoms with Crippen molar-refractivity contribution in [1.82, 2.24) is 0 Å². The summed E-state index contributed by atoms with van der Waals surface area (Å²) in [6.07, 6.45) is 4.47. The highest BCUT2D eigenvalue weighted by atomic mass is 35.5. The first kappa shape index (κ1) is 18.7. The Morgan fingerprint density at radius 2 is 1.80 bits per heavy atom. The third-order valence-electron chi connectivity index (χ3n) is 3.16. The van der Waals surface area contributed by atoms with Gasteiger partial charge in [0.15, 0.2) is 17.3 Å². The molecule has 0 bridgehead atoms. The van der Waals surface area contributed by atoms with E-state index < -0.39 is 6.61 Å². The molecular weight excluding hydrogens is 350 g/mol. The number of alkyl halides is 2. The molecule has 0 spiro atoms. The van der Waals surface area contributed by atoms with Crippen molar-refractivity contribution in [2.75, 3.05) is 7.11 Å². The summed E-state index contributed by atoms with van der Waals surface area (Å²) < 4.78 is 33.9. The average Bonchev–Trinajstić information content (AvgIpc) is 2.60. The molecule has 130 valence electrons. The molecule has 6 heteroatoms. The van der Waals surface area contributed by atoms with Crippen molar-refractivity contribution in [2.24, 2.45) is 0 Å². The summed E-state index contributed by atoms with van der Waals surface area (Å²) in [5, 5.41) is 0.379. The normalized spacial score (nSPS) is 11.8. The smallest absolute Gasteiger partial charge is 0.387 e. The van der Waals surface area contributed by atoms with Crippen LogP contribution in [0.25, 0.3) is 6.08 Å². The number of halogens is 3. The summed E-state index contributed by atoms with van der Waals surface area (Å²) in [4.78, 5) is 12.2. The molecule has 0 aliphatic rings. The van der Waals surface area contributed by atoms with Crippen LogP contribution in [0.1, 0.15) is 15.9 Å². The molecule has 25 heavy (non-hydrogen) atoms. The van der Waals surface area contributed by atoms with Crippen LogP contribution in [0.15, 0.2) is 65.7 Å². The number of ether oxygens (including phenoxy) is 2. The van der Waals surface area contributed by atoms with Crippen LogP contribution in [-0.2, 0) is 0 Å². The molecule has 2 rings (SSSR count). The number of rotatable bonds is 7. The summed E-state index contributed by atoms with van der Waals surface area (Å²) in [5.74, 6) is -0.438. The van der Waals surface area contributed by atoms with Gasteiger partial charge in [0.1, 0.15) is 0 Å². The number of methoxy groups -OCH3 is 1. The molecule has 0 atom stereocenters. The molecular formula is C19H15ClF2O3. The molecule has 0 heterocycles. The number of benzene rings is 2. The molecule has 0 aliphatic carbocycles. The molecule has 2 aromatic rings. The number of carbonyl (C=O) groups excluding carboxylic acids is 1. The number of carbonyl (C=O) groups is 1. The molecule has 0 radical (unpaired) electrons. The maximum absolute atomic E-state index is 12.3. The molecule has 0 saturated heterocycles. The summed E-state index contributed by atoms with van der Waals surface area (Å²) in [7, 11) is 1.30. The monoisotopic (exact) mass is 364 g/mol. The Morgan fingerprint density at radius 3 is 2.44 bits per heavy atom. The van der Waals surface area contributed by atoms with Gasteiger partial charge < -0.3 is 9.47 Å². The van der Waals surface area contributed by atoms with Crippen LogP contribution >= 0.6 is 11.6 Å². The Morgan fingerprint density at radius 1 is 1.08 bits per heavy atom. The van der Waals surface area contributed by atoms with Crippen molar-refractivity contribution in [3.8, 4) is 11.5 Å². The second-order valence-corrected chi connectivity index (χ2v) is 5.32. The molecule has 0 saturated carbocycles. The van der Waals surface area contributed by atoms with E-state index >= 15 is 0 Å². The third kappa shape index (κ3) is 5.72. The highest BCUT2D eigenvalue weighted by molar-refractivity contribution is 6.33. The number of allylic oxidation sites excluding steroid dienone is 3. The number of ketones is 1. The Balaban J connectivity index is 2.13. The number of hydrogen-bond donors (Lipinski definition) is 0. The zero-order valence-electron chi connectivity index (χ0n) is 13.3. The Kier molecular flexibility index (Phi) is 6.71. The zero-order valence-corrected chi connectivity index (χ0v) is 14.0.